The molecule has 0 bridgehead atoms. The van der Waals surface area contributed by atoms with Crippen LogP contribution in [0.3, 0.4) is 0 Å². The Bertz CT molecular complexity index is 385. The molecule has 82 valence electrons. The Labute approximate surface area is 85.3 Å². The molecular formula is C10H11F3N2. The van der Waals surface area contributed by atoms with E-state index in [9.17, 15) is 13.2 Å². The molecule has 15 heavy (non-hydrogen) atoms. The fourth-order valence-electron chi connectivity index (χ4n) is 1.78. The zero-order valence-electron chi connectivity index (χ0n) is 7.99. The number of rotatable bonds is 0. The number of nitrogens with two attached hydrogens (primary N) is 1. The summed E-state index contributed by atoms with van der Waals surface area (Å²) in [6.45, 7) is 0.702. The van der Waals surface area contributed by atoms with E-state index in [1.165, 1.54) is 0 Å². The number of benzene rings is 1. The van der Waals surface area contributed by atoms with Crippen molar-refractivity contribution in [2.75, 3.05) is 17.6 Å². The van der Waals surface area contributed by atoms with Crippen molar-refractivity contribution >= 4 is 11.4 Å². The van der Waals surface area contributed by atoms with Crippen LogP contribution in [0, 0.1) is 0 Å². The van der Waals surface area contributed by atoms with Crippen LogP contribution in [0.25, 0.3) is 0 Å². The van der Waals surface area contributed by atoms with Crippen molar-refractivity contribution in [1.82, 2.24) is 0 Å². The molecule has 0 aliphatic carbocycles. The molecule has 2 nitrogen and oxygen atoms in total. The van der Waals surface area contributed by atoms with Gasteiger partial charge in [-0.05, 0) is 30.5 Å². The van der Waals surface area contributed by atoms with Gasteiger partial charge in [-0.3, -0.25) is 0 Å². The number of nitrogen functional groups attached to an aromatic ring is 1. The summed E-state index contributed by atoms with van der Waals surface area (Å²) in [6, 6.07) is 2.14. The number of nitrogens with one attached hydrogen (secondary N) is 1. The summed E-state index contributed by atoms with van der Waals surface area (Å²) in [5, 5.41) is 2.94. The van der Waals surface area contributed by atoms with Gasteiger partial charge in [0.05, 0.1) is 5.56 Å². The van der Waals surface area contributed by atoms with E-state index in [0.29, 0.717) is 12.2 Å². The van der Waals surface area contributed by atoms with Crippen molar-refractivity contribution < 1.29 is 13.2 Å². The first-order valence-electron chi connectivity index (χ1n) is 4.72. The minimum Gasteiger partial charge on any atom is -0.398 e. The van der Waals surface area contributed by atoms with Gasteiger partial charge in [0.2, 0.25) is 0 Å². The van der Waals surface area contributed by atoms with E-state index < -0.39 is 11.7 Å². The van der Waals surface area contributed by atoms with E-state index >= 15 is 0 Å². The zero-order chi connectivity index (χ0) is 11.1. The van der Waals surface area contributed by atoms with Crippen LogP contribution in [-0.4, -0.2) is 6.54 Å². The van der Waals surface area contributed by atoms with E-state index in [-0.39, 0.29) is 5.69 Å². The molecule has 0 aromatic heterocycles. The Hall–Kier alpha value is -1.39. The summed E-state index contributed by atoms with van der Waals surface area (Å²) in [5.74, 6) is 0. The molecule has 2 rings (SSSR count). The molecule has 0 radical (unpaired) electrons. The molecule has 1 heterocycles. The molecule has 0 atom stereocenters. The van der Waals surface area contributed by atoms with Crippen molar-refractivity contribution in [2.45, 2.75) is 19.0 Å². The third-order valence-electron chi connectivity index (χ3n) is 2.53. The highest BCUT2D eigenvalue weighted by Gasteiger charge is 2.32. The second-order valence-electron chi connectivity index (χ2n) is 3.62. The van der Waals surface area contributed by atoms with Gasteiger partial charge in [-0.15, -0.1) is 0 Å². The fraction of sp³-hybridized carbons (Fsp3) is 0.400. The predicted octanol–water partition coefficient (Wildman–Crippen LogP) is 2.65. The number of hydrogen-bond donors (Lipinski definition) is 2. The highest BCUT2D eigenvalue weighted by atomic mass is 19.4. The summed E-state index contributed by atoms with van der Waals surface area (Å²) < 4.78 is 37.4. The van der Waals surface area contributed by atoms with Gasteiger partial charge in [-0.2, -0.15) is 13.2 Å². The van der Waals surface area contributed by atoms with Crippen LogP contribution in [0.15, 0.2) is 12.1 Å². The maximum Gasteiger partial charge on any atom is 0.416 e. The Morgan fingerprint density at radius 3 is 2.67 bits per heavy atom. The van der Waals surface area contributed by atoms with Crippen molar-refractivity contribution in [3.05, 3.63) is 23.3 Å². The van der Waals surface area contributed by atoms with Gasteiger partial charge in [-0.25, -0.2) is 0 Å². The van der Waals surface area contributed by atoms with Crippen LogP contribution < -0.4 is 11.1 Å². The number of fused-ring (bicyclic) bond motifs is 1. The van der Waals surface area contributed by atoms with Gasteiger partial charge in [0, 0.05) is 17.9 Å². The van der Waals surface area contributed by atoms with E-state index in [4.69, 9.17) is 5.73 Å². The third kappa shape index (κ3) is 1.86. The molecule has 0 saturated carbocycles. The maximum absolute atomic E-state index is 12.5. The number of anilines is 2. The van der Waals surface area contributed by atoms with Gasteiger partial charge in [0.1, 0.15) is 0 Å². The lowest BCUT2D eigenvalue weighted by atomic mass is 9.99. The molecule has 0 amide bonds. The molecule has 1 aliphatic heterocycles. The molecule has 1 aliphatic rings. The first-order chi connectivity index (χ1) is 6.98. The minimum absolute atomic E-state index is 0.229. The molecule has 0 fully saturated rings. The van der Waals surface area contributed by atoms with Gasteiger partial charge in [0.25, 0.3) is 0 Å². The second kappa shape index (κ2) is 3.32. The predicted molar refractivity (Wildman–Crippen MR) is 52.7 cm³/mol. The normalized spacial score (nSPS) is 15.7. The summed E-state index contributed by atoms with van der Waals surface area (Å²) in [5.41, 5.74) is 6.46. The molecule has 0 unspecified atom stereocenters. The summed E-state index contributed by atoms with van der Waals surface area (Å²) in [6.07, 6.45) is -2.68. The Balaban J connectivity index is 2.50. The number of hydrogen-bond acceptors (Lipinski definition) is 2. The van der Waals surface area contributed by atoms with E-state index in [1.54, 1.807) is 0 Å². The lowest BCUT2D eigenvalue weighted by molar-refractivity contribution is -0.137. The Kier molecular flexibility index (Phi) is 2.25. The van der Waals surface area contributed by atoms with E-state index in [0.717, 1.165) is 30.5 Å². The number of alkyl halides is 3. The monoisotopic (exact) mass is 216 g/mol. The molecule has 3 N–H and O–H groups in total. The smallest absolute Gasteiger partial charge is 0.398 e. The third-order valence-corrected chi connectivity index (χ3v) is 2.53. The van der Waals surface area contributed by atoms with Crippen molar-refractivity contribution in [2.24, 2.45) is 0 Å². The summed E-state index contributed by atoms with van der Waals surface area (Å²) >= 11 is 0. The van der Waals surface area contributed by atoms with Gasteiger partial charge >= 0.3 is 6.18 Å². The minimum atomic E-state index is -4.33. The average molecular weight is 216 g/mol. The fourth-order valence-corrected chi connectivity index (χ4v) is 1.78. The lowest BCUT2D eigenvalue weighted by Crippen LogP contribution is -2.16. The molecule has 1 aromatic carbocycles. The summed E-state index contributed by atoms with van der Waals surface area (Å²) in [4.78, 5) is 0. The van der Waals surface area contributed by atoms with Gasteiger partial charge in [0.15, 0.2) is 0 Å². The topological polar surface area (TPSA) is 38.0 Å². The highest BCUT2D eigenvalue weighted by Crippen LogP contribution is 2.36. The Morgan fingerprint density at radius 1 is 1.27 bits per heavy atom. The van der Waals surface area contributed by atoms with Crippen molar-refractivity contribution in [3.8, 4) is 0 Å². The average Bonchev–Trinajstić information content (AvgIpc) is 2.16. The first kappa shape index (κ1) is 10.1. The molecular weight excluding hydrogens is 205 g/mol. The van der Waals surface area contributed by atoms with Gasteiger partial charge in [-0.1, -0.05) is 0 Å². The van der Waals surface area contributed by atoms with Crippen LogP contribution in [0.4, 0.5) is 24.5 Å². The van der Waals surface area contributed by atoms with Crippen molar-refractivity contribution in [3.63, 3.8) is 0 Å². The highest BCUT2D eigenvalue weighted by molar-refractivity contribution is 5.67. The van der Waals surface area contributed by atoms with Crippen LogP contribution in [0.1, 0.15) is 17.5 Å². The molecule has 5 heteroatoms. The standard InChI is InChI=1S/C10H11F3N2/c11-10(12,13)6-4-8(14)7-2-1-3-15-9(7)5-6/h4-5,15H,1-3,14H2. The molecule has 1 aromatic rings. The largest absolute Gasteiger partial charge is 0.416 e. The molecule has 0 saturated heterocycles. The van der Waals surface area contributed by atoms with Gasteiger partial charge < -0.3 is 11.1 Å². The lowest BCUT2D eigenvalue weighted by Gasteiger charge is -2.21. The molecule has 0 spiro atoms. The van der Waals surface area contributed by atoms with Crippen LogP contribution in [-0.2, 0) is 12.6 Å². The van der Waals surface area contributed by atoms with E-state index in [1.807, 2.05) is 0 Å². The first-order valence-corrected chi connectivity index (χ1v) is 4.72. The number of halogens is 3. The second-order valence-corrected chi connectivity index (χ2v) is 3.62. The van der Waals surface area contributed by atoms with Crippen LogP contribution >= 0.6 is 0 Å². The quantitative estimate of drug-likeness (QED) is 0.654. The van der Waals surface area contributed by atoms with Crippen molar-refractivity contribution in [1.29, 1.82) is 0 Å². The SMILES string of the molecule is Nc1cc(C(F)(F)F)cc2c1CCCN2. The Morgan fingerprint density at radius 2 is 2.00 bits per heavy atom. The maximum atomic E-state index is 12.5. The van der Waals surface area contributed by atoms with Crippen LogP contribution in [0.5, 0.6) is 0 Å². The van der Waals surface area contributed by atoms with E-state index in [2.05, 4.69) is 5.32 Å². The van der Waals surface area contributed by atoms with Crippen LogP contribution in [0.2, 0.25) is 0 Å². The summed E-state index contributed by atoms with van der Waals surface area (Å²) in [7, 11) is 0. The zero-order valence-corrected chi connectivity index (χ0v) is 7.99.